The van der Waals surface area contributed by atoms with E-state index in [-0.39, 0.29) is 12.6 Å². The summed E-state index contributed by atoms with van der Waals surface area (Å²) in [6.07, 6.45) is 0.475. The molecule has 0 N–H and O–H groups in total. The first-order valence-electron chi connectivity index (χ1n) is 6.02. The molecule has 0 saturated heterocycles. The van der Waals surface area contributed by atoms with Crippen LogP contribution in [0.1, 0.15) is 30.9 Å². The third kappa shape index (κ3) is 2.75. The molecule has 1 aliphatic heterocycles. The van der Waals surface area contributed by atoms with Crippen molar-refractivity contribution in [1.29, 1.82) is 0 Å². The first kappa shape index (κ1) is 13.1. The Balaban J connectivity index is 2.34. The molecule has 0 fully saturated rings. The van der Waals surface area contributed by atoms with E-state index in [9.17, 15) is 8.78 Å². The molecule has 1 aromatic rings. The molecule has 0 atom stereocenters. The molecule has 0 amide bonds. The van der Waals surface area contributed by atoms with Gasteiger partial charge in [0.05, 0.1) is 17.4 Å². The van der Waals surface area contributed by atoms with Gasteiger partial charge in [-0.05, 0) is 20.8 Å². The highest BCUT2D eigenvalue weighted by Gasteiger charge is 2.27. The highest BCUT2D eigenvalue weighted by Crippen LogP contribution is 2.27. The van der Waals surface area contributed by atoms with Gasteiger partial charge < -0.3 is 4.74 Å². The number of fused-ring (bicyclic) bond motifs is 1. The number of alkyl halides is 2. The summed E-state index contributed by atoms with van der Waals surface area (Å²) in [4.78, 5) is 9.63. The largest absolute Gasteiger partial charge is 0.475 e. The van der Waals surface area contributed by atoms with E-state index >= 15 is 0 Å². The van der Waals surface area contributed by atoms with E-state index < -0.39 is 6.55 Å². The fourth-order valence-electron chi connectivity index (χ4n) is 2.01. The number of aromatic nitrogens is 2. The Labute approximate surface area is 105 Å². The van der Waals surface area contributed by atoms with E-state index in [1.54, 1.807) is 6.92 Å². The second-order valence-corrected chi connectivity index (χ2v) is 4.67. The molecule has 0 bridgehead atoms. The normalized spacial score (nSPS) is 16.2. The third-order valence-electron chi connectivity index (χ3n) is 2.79. The molecule has 0 unspecified atom stereocenters. The number of hydrogen-bond donors (Lipinski definition) is 0. The molecule has 0 saturated carbocycles. The van der Waals surface area contributed by atoms with E-state index in [1.165, 1.54) is 0 Å². The summed E-state index contributed by atoms with van der Waals surface area (Å²) in [5.41, 5.74) is 1.52. The van der Waals surface area contributed by atoms with Crippen molar-refractivity contribution in [3.63, 3.8) is 0 Å². The quantitative estimate of drug-likeness (QED) is 0.778. The lowest BCUT2D eigenvalue weighted by Crippen LogP contribution is -2.35. The number of ether oxygens (including phenoxy) is 1. The third-order valence-corrected chi connectivity index (χ3v) is 2.79. The van der Waals surface area contributed by atoms with Gasteiger partial charge in [-0.2, -0.15) is 13.8 Å². The van der Waals surface area contributed by atoms with Crippen LogP contribution in [0, 0.1) is 6.92 Å². The Kier molecular flexibility index (Phi) is 3.75. The molecule has 1 aromatic heterocycles. The molecular formula is C12H17F2N3O. The maximum atomic E-state index is 12.7. The van der Waals surface area contributed by atoms with Crippen molar-refractivity contribution in [3.8, 4) is 5.88 Å². The molecular weight excluding hydrogens is 240 g/mol. The Morgan fingerprint density at radius 3 is 2.61 bits per heavy atom. The van der Waals surface area contributed by atoms with Crippen LogP contribution in [0.25, 0.3) is 0 Å². The summed E-state index contributed by atoms with van der Waals surface area (Å²) in [5.74, 6) is 1.06. The van der Waals surface area contributed by atoms with Crippen LogP contribution in [0.15, 0.2) is 0 Å². The maximum absolute atomic E-state index is 12.7. The summed E-state index contributed by atoms with van der Waals surface area (Å²) >= 11 is 0. The van der Waals surface area contributed by atoms with Crippen molar-refractivity contribution in [2.45, 2.75) is 46.4 Å². The van der Waals surface area contributed by atoms with Gasteiger partial charge in [-0.15, -0.1) is 0 Å². The fourth-order valence-corrected chi connectivity index (χ4v) is 2.01. The average molecular weight is 257 g/mol. The van der Waals surface area contributed by atoms with Crippen molar-refractivity contribution in [2.24, 2.45) is 0 Å². The van der Waals surface area contributed by atoms with Crippen LogP contribution in [0.2, 0.25) is 0 Å². The number of aryl methyl sites for hydroxylation is 1. The molecule has 100 valence electrons. The van der Waals surface area contributed by atoms with Crippen molar-refractivity contribution >= 4 is 0 Å². The molecule has 0 aromatic carbocycles. The summed E-state index contributed by atoms with van der Waals surface area (Å²) in [7, 11) is 0. The van der Waals surface area contributed by atoms with Gasteiger partial charge in [0.2, 0.25) is 5.88 Å². The van der Waals surface area contributed by atoms with Gasteiger partial charge in [-0.3, -0.25) is 0 Å². The molecule has 1 aliphatic rings. The molecule has 18 heavy (non-hydrogen) atoms. The lowest BCUT2D eigenvalue weighted by molar-refractivity contribution is -0.0366. The summed E-state index contributed by atoms with van der Waals surface area (Å²) in [6.45, 7) is 3.57. The summed E-state index contributed by atoms with van der Waals surface area (Å²) < 4.78 is 31.1. The Morgan fingerprint density at radius 1 is 1.28 bits per heavy atom. The highest BCUT2D eigenvalue weighted by molar-refractivity contribution is 5.33. The van der Waals surface area contributed by atoms with Crippen molar-refractivity contribution in [1.82, 2.24) is 14.9 Å². The SMILES string of the molecule is Cc1nc2c(c(OC(C)C)n1)CN(C(F)F)CC2. The van der Waals surface area contributed by atoms with Crippen LogP contribution in [0.5, 0.6) is 5.88 Å². The minimum atomic E-state index is -2.45. The van der Waals surface area contributed by atoms with Crippen LogP contribution in [0.3, 0.4) is 0 Å². The van der Waals surface area contributed by atoms with Crippen LogP contribution in [-0.4, -0.2) is 34.1 Å². The second kappa shape index (κ2) is 5.14. The highest BCUT2D eigenvalue weighted by atomic mass is 19.3. The van der Waals surface area contributed by atoms with E-state index in [0.29, 0.717) is 30.2 Å². The zero-order valence-electron chi connectivity index (χ0n) is 10.8. The van der Waals surface area contributed by atoms with Gasteiger partial charge >= 0.3 is 0 Å². The minimum Gasteiger partial charge on any atom is -0.475 e. The topological polar surface area (TPSA) is 38.3 Å². The summed E-state index contributed by atoms with van der Waals surface area (Å²) in [5, 5.41) is 0. The predicted octanol–water partition coefficient (Wildman–Crippen LogP) is 2.15. The van der Waals surface area contributed by atoms with Crippen LogP contribution < -0.4 is 4.74 Å². The van der Waals surface area contributed by atoms with Crippen molar-refractivity contribution < 1.29 is 13.5 Å². The van der Waals surface area contributed by atoms with Crippen molar-refractivity contribution in [3.05, 3.63) is 17.1 Å². The molecule has 4 nitrogen and oxygen atoms in total. The summed E-state index contributed by atoms with van der Waals surface area (Å²) in [6, 6.07) is 0. The van der Waals surface area contributed by atoms with E-state index in [2.05, 4.69) is 9.97 Å². The standard InChI is InChI=1S/C12H17F2N3O/c1-7(2)18-11-9-6-17(12(13)14)5-4-10(9)15-8(3)16-11/h7,12H,4-6H2,1-3H3. The lowest BCUT2D eigenvalue weighted by Gasteiger charge is -2.28. The fraction of sp³-hybridized carbons (Fsp3) is 0.667. The van der Waals surface area contributed by atoms with E-state index in [4.69, 9.17) is 4.74 Å². The van der Waals surface area contributed by atoms with Gasteiger partial charge in [-0.25, -0.2) is 9.88 Å². The van der Waals surface area contributed by atoms with Crippen LogP contribution in [-0.2, 0) is 13.0 Å². The molecule has 2 rings (SSSR count). The Hall–Kier alpha value is -1.30. The van der Waals surface area contributed by atoms with E-state index in [1.807, 2.05) is 13.8 Å². The molecule has 6 heteroatoms. The van der Waals surface area contributed by atoms with E-state index in [0.717, 1.165) is 10.6 Å². The molecule has 0 spiro atoms. The van der Waals surface area contributed by atoms with Crippen molar-refractivity contribution in [2.75, 3.05) is 6.54 Å². The predicted molar refractivity (Wildman–Crippen MR) is 62.7 cm³/mol. The zero-order chi connectivity index (χ0) is 13.3. The van der Waals surface area contributed by atoms with Crippen LogP contribution in [0.4, 0.5) is 8.78 Å². The average Bonchev–Trinajstić information content (AvgIpc) is 2.27. The molecule has 0 radical (unpaired) electrons. The Bertz CT molecular complexity index is 438. The maximum Gasteiger partial charge on any atom is 0.295 e. The zero-order valence-corrected chi connectivity index (χ0v) is 10.8. The van der Waals surface area contributed by atoms with Gasteiger partial charge in [0.1, 0.15) is 5.82 Å². The smallest absolute Gasteiger partial charge is 0.295 e. The lowest BCUT2D eigenvalue weighted by atomic mass is 10.1. The first-order chi connectivity index (χ1) is 8.47. The second-order valence-electron chi connectivity index (χ2n) is 4.67. The van der Waals surface area contributed by atoms with Gasteiger partial charge in [-0.1, -0.05) is 0 Å². The number of halogens is 2. The monoisotopic (exact) mass is 257 g/mol. The first-order valence-corrected chi connectivity index (χ1v) is 6.02. The minimum absolute atomic E-state index is 0.0367. The Morgan fingerprint density at radius 2 is 2.00 bits per heavy atom. The van der Waals surface area contributed by atoms with Gasteiger partial charge in [0, 0.05) is 19.5 Å². The van der Waals surface area contributed by atoms with Gasteiger partial charge in [0.25, 0.3) is 6.55 Å². The molecule has 2 heterocycles. The van der Waals surface area contributed by atoms with Gasteiger partial charge in [0.15, 0.2) is 0 Å². The number of hydrogen-bond acceptors (Lipinski definition) is 4. The van der Waals surface area contributed by atoms with Crippen LogP contribution >= 0.6 is 0 Å². The molecule has 0 aliphatic carbocycles. The number of rotatable bonds is 3. The number of nitrogens with zero attached hydrogens (tertiary/aromatic N) is 3.